The molecule has 0 radical (unpaired) electrons. The second-order valence-electron chi connectivity index (χ2n) is 7.61. The largest absolute Gasteiger partial charge is 0.335 e. The highest BCUT2D eigenvalue weighted by Gasteiger charge is 2.43. The van der Waals surface area contributed by atoms with Crippen molar-refractivity contribution in [2.75, 3.05) is 6.54 Å². The van der Waals surface area contributed by atoms with Gasteiger partial charge < -0.3 is 10.6 Å². The first-order valence-corrected chi connectivity index (χ1v) is 9.77. The lowest BCUT2D eigenvalue weighted by molar-refractivity contribution is -0.132. The molecule has 2 saturated carbocycles. The summed E-state index contributed by atoms with van der Waals surface area (Å²) in [6.07, 6.45) is 10.3. The third-order valence-corrected chi connectivity index (χ3v) is 5.67. The van der Waals surface area contributed by atoms with E-state index in [2.05, 4.69) is 16.0 Å². The maximum Gasteiger partial charge on any atom is 0.325 e. The monoisotopic (exact) mass is 364 g/mol. The van der Waals surface area contributed by atoms with Crippen LogP contribution in [-0.2, 0) is 9.59 Å². The molecule has 8 heteroatoms. The summed E-state index contributed by atoms with van der Waals surface area (Å²) >= 11 is 0. The van der Waals surface area contributed by atoms with Gasteiger partial charge in [-0.15, -0.1) is 0 Å². The molecule has 0 aromatic carbocycles. The number of amides is 6. The van der Waals surface area contributed by atoms with Crippen LogP contribution in [0.2, 0.25) is 0 Å². The molecule has 144 valence electrons. The number of hydrogen-bond acceptors (Lipinski definition) is 4. The van der Waals surface area contributed by atoms with Crippen LogP contribution in [0.4, 0.5) is 9.59 Å². The molecule has 3 N–H and O–H groups in total. The highest BCUT2D eigenvalue weighted by molar-refractivity contribution is 6.07. The van der Waals surface area contributed by atoms with Crippen molar-refractivity contribution < 1.29 is 19.2 Å². The molecule has 1 atom stereocenters. The van der Waals surface area contributed by atoms with Crippen LogP contribution in [0.1, 0.15) is 64.2 Å². The van der Waals surface area contributed by atoms with Crippen LogP contribution in [0.25, 0.3) is 0 Å². The molecule has 3 rings (SSSR count). The summed E-state index contributed by atoms with van der Waals surface area (Å²) in [6.45, 7) is -0.425. The molecular formula is C18H28N4O4. The van der Waals surface area contributed by atoms with Gasteiger partial charge in [-0.05, 0) is 31.6 Å². The zero-order valence-corrected chi connectivity index (χ0v) is 15.1. The van der Waals surface area contributed by atoms with Crippen molar-refractivity contribution in [1.29, 1.82) is 0 Å². The predicted octanol–water partition coefficient (Wildman–Crippen LogP) is 1.65. The zero-order valence-electron chi connectivity index (χ0n) is 15.1. The average Bonchev–Trinajstić information content (AvgIpc) is 2.91. The maximum absolute atomic E-state index is 12.5. The summed E-state index contributed by atoms with van der Waals surface area (Å²) in [6, 6.07) is -1.55. The molecule has 0 spiro atoms. The van der Waals surface area contributed by atoms with Crippen molar-refractivity contribution >= 4 is 23.9 Å². The Hall–Kier alpha value is -2.12. The van der Waals surface area contributed by atoms with Crippen LogP contribution in [0, 0.1) is 5.92 Å². The van der Waals surface area contributed by atoms with Gasteiger partial charge >= 0.3 is 12.1 Å². The van der Waals surface area contributed by atoms with Gasteiger partial charge in [-0.3, -0.25) is 19.8 Å². The Morgan fingerprint density at radius 1 is 0.962 bits per heavy atom. The molecule has 8 nitrogen and oxygen atoms in total. The average molecular weight is 364 g/mol. The lowest BCUT2D eigenvalue weighted by Gasteiger charge is -2.25. The quantitative estimate of drug-likeness (QED) is 0.659. The number of carbonyl (C=O) groups excluding carboxylic acids is 4. The molecule has 1 heterocycles. The van der Waals surface area contributed by atoms with Gasteiger partial charge in [-0.1, -0.05) is 38.5 Å². The van der Waals surface area contributed by atoms with Crippen molar-refractivity contribution in [1.82, 2.24) is 20.9 Å². The summed E-state index contributed by atoms with van der Waals surface area (Å²) in [7, 11) is 0. The molecule has 26 heavy (non-hydrogen) atoms. The van der Waals surface area contributed by atoms with Crippen molar-refractivity contribution in [3.05, 3.63) is 0 Å². The van der Waals surface area contributed by atoms with Crippen molar-refractivity contribution in [3.63, 3.8) is 0 Å². The van der Waals surface area contributed by atoms with Gasteiger partial charge in [0.05, 0.1) is 0 Å². The molecule has 3 fully saturated rings. The van der Waals surface area contributed by atoms with Crippen molar-refractivity contribution in [2.24, 2.45) is 5.92 Å². The first kappa shape index (κ1) is 18.7. The lowest BCUT2D eigenvalue weighted by Crippen LogP contribution is -2.49. The predicted molar refractivity (Wildman–Crippen MR) is 94.2 cm³/mol. The van der Waals surface area contributed by atoms with E-state index in [0.29, 0.717) is 0 Å². The minimum Gasteiger partial charge on any atom is -0.335 e. The highest BCUT2D eigenvalue weighted by atomic mass is 16.2. The van der Waals surface area contributed by atoms with Crippen molar-refractivity contribution in [2.45, 2.75) is 76.3 Å². The van der Waals surface area contributed by atoms with E-state index in [4.69, 9.17) is 0 Å². The molecule has 1 saturated heterocycles. The van der Waals surface area contributed by atoms with Crippen LogP contribution < -0.4 is 16.0 Å². The number of carbonyl (C=O) groups is 4. The first-order valence-electron chi connectivity index (χ1n) is 9.77. The molecular weight excluding hydrogens is 336 g/mol. The van der Waals surface area contributed by atoms with Gasteiger partial charge in [-0.25, -0.2) is 9.59 Å². The van der Waals surface area contributed by atoms with Crippen LogP contribution in [0.15, 0.2) is 0 Å². The third kappa shape index (κ3) is 4.53. The summed E-state index contributed by atoms with van der Waals surface area (Å²) in [5.74, 6) is -0.862. The SMILES string of the molecule is O=C(CN1C(=O)N[C@@H](C2CCCCC2)C1=O)NC(=O)NC1CCCCC1. The van der Waals surface area contributed by atoms with E-state index in [0.717, 1.165) is 62.7 Å². The van der Waals surface area contributed by atoms with Gasteiger partial charge in [0, 0.05) is 6.04 Å². The number of rotatable bonds is 4. The lowest BCUT2D eigenvalue weighted by atomic mass is 9.84. The number of nitrogens with zero attached hydrogens (tertiary/aromatic N) is 1. The maximum atomic E-state index is 12.5. The minimum atomic E-state index is -0.647. The van der Waals surface area contributed by atoms with Crippen molar-refractivity contribution in [3.8, 4) is 0 Å². The van der Waals surface area contributed by atoms with E-state index < -0.39 is 30.6 Å². The van der Waals surface area contributed by atoms with Gasteiger partial charge in [0.25, 0.3) is 5.91 Å². The van der Waals surface area contributed by atoms with E-state index >= 15 is 0 Å². The van der Waals surface area contributed by atoms with E-state index in [1.54, 1.807) is 0 Å². The Balaban J connectivity index is 1.47. The smallest absolute Gasteiger partial charge is 0.325 e. The van der Waals surface area contributed by atoms with E-state index in [-0.39, 0.29) is 17.9 Å². The number of urea groups is 2. The molecule has 1 aliphatic heterocycles. The first-order chi connectivity index (χ1) is 12.5. The Bertz CT molecular complexity index is 568. The summed E-state index contributed by atoms with van der Waals surface area (Å²) < 4.78 is 0. The standard InChI is InChI=1S/C18H28N4O4/c23-14(20-17(25)19-13-9-5-2-6-10-13)11-22-16(24)15(21-18(22)26)12-7-3-1-4-8-12/h12-13,15H,1-11H2,(H,21,26)(H2,19,20,23,25)/t15-/m0/s1. The zero-order chi connectivity index (χ0) is 18.5. The fourth-order valence-electron chi connectivity index (χ4n) is 4.26. The third-order valence-electron chi connectivity index (χ3n) is 5.67. The van der Waals surface area contributed by atoms with Gasteiger partial charge in [0.2, 0.25) is 5.91 Å². The number of nitrogens with one attached hydrogen (secondary N) is 3. The summed E-state index contributed by atoms with van der Waals surface area (Å²) in [4.78, 5) is 49.5. The Labute approximate surface area is 153 Å². The number of hydrogen-bond donors (Lipinski definition) is 3. The molecule has 0 aromatic rings. The van der Waals surface area contributed by atoms with Crippen LogP contribution in [0.3, 0.4) is 0 Å². The molecule has 3 aliphatic rings. The Morgan fingerprint density at radius 3 is 2.23 bits per heavy atom. The molecule has 6 amide bonds. The number of imide groups is 2. The van der Waals surface area contributed by atoms with Crippen LogP contribution >= 0.6 is 0 Å². The van der Waals surface area contributed by atoms with Crippen LogP contribution in [0.5, 0.6) is 0 Å². The fraction of sp³-hybridized carbons (Fsp3) is 0.778. The molecule has 2 aliphatic carbocycles. The topological polar surface area (TPSA) is 108 Å². The van der Waals surface area contributed by atoms with Gasteiger partial charge in [0.15, 0.2) is 0 Å². The summed E-state index contributed by atoms with van der Waals surface area (Å²) in [5.41, 5.74) is 0. The minimum absolute atomic E-state index is 0.0870. The molecule has 0 aromatic heterocycles. The highest BCUT2D eigenvalue weighted by Crippen LogP contribution is 2.29. The molecule has 0 bridgehead atoms. The fourth-order valence-corrected chi connectivity index (χ4v) is 4.26. The van der Waals surface area contributed by atoms with Crippen LogP contribution in [-0.4, -0.2) is 47.4 Å². The van der Waals surface area contributed by atoms with Gasteiger partial charge in [-0.2, -0.15) is 0 Å². The molecule has 0 unspecified atom stereocenters. The van der Waals surface area contributed by atoms with E-state index in [9.17, 15) is 19.2 Å². The second kappa shape index (κ2) is 8.51. The summed E-state index contributed by atoms with van der Waals surface area (Å²) in [5, 5.41) is 7.71. The van der Waals surface area contributed by atoms with E-state index in [1.807, 2.05) is 0 Å². The second-order valence-corrected chi connectivity index (χ2v) is 7.61. The Morgan fingerprint density at radius 2 is 1.58 bits per heavy atom. The Kier molecular flexibility index (Phi) is 6.11. The van der Waals surface area contributed by atoms with Gasteiger partial charge in [0.1, 0.15) is 12.6 Å². The van der Waals surface area contributed by atoms with E-state index in [1.165, 1.54) is 6.42 Å². The normalized spacial score (nSPS) is 25.1.